The number of nitrogens with zero attached hydrogens (tertiary/aromatic N) is 3. The van der Waals surface area contributed by atoms with Crippen LogP contribution in [0.25, 0.3) is 11.1 Å². The topological polar surface area (TPSA) is 78.7 Å². The van der Waals surface area contributed by atoms with Crippen molar-refractivity contribution in [2.75, 3.05) is 26.2 Å². The van der Waals surface area contributed by atoms with Gasteiger partial charge in [-0.05, 0) is 50.7 Å². The number of carbonyl (C=O) groups is 2. The zero-order chi connectivity index (χ0) is 19.8. The normalized spacial score (nSPS) is 21.5. The summed E-state index contributed by atoms with van der Waals surface area (Å²) in [5.41, 5.74) is 1.73. The zero-order valence-electron chi connectivity index (χ0n) is 16.7. The Morgan fingerprint density at radius 1 is 0.931 bits per heavy atom. The Morgan fingerprint density at radius 2 is 1.62 bits per heavy atom. The van der Waals surface area contributed by atoms with Gasteiger partial charge in [0.2, 0.25) is 5.91 Å². The predicted octanol–water partition coefficient (Wildman–Crippen LogP) is 3.12. The molecule has 0 radical (unpaired) electrons. The van der Waals surface area contributed by atoms with Gasteiger partial charge in [-0.25, -0.2) is 9.78 Å². The second-order valence-corrected chi connectivity index (χ2v) is 8.60. The number of urea groups is 1. The molecule has 0 atom stereocenters. The van der Waals surface area contributed by atoms with Crippen LogP contribution in [0.3, 0.4) is 0 Å². The molecule has 1 aromatic carbocycles. The second-order valence-electron chi connectivity index (χ2n) is 8.60. The number of oxazole rings is 1. The molecule has 5 rings (SSSR count). The summed E-state index contributed by atoms with van der Waals surface area (Å²) < 4.78 is 5.93. The number of nitrogens with one attached hydrogen (secondary N) is 1. The van der Waals surface area contributed by atoms with Gasteiger partial charge in [0.05, 0.1) is 0 Å². The van der Waals surface area contributed by atoms with E-state index in [1.54, 1.807) is 0 Å². The summed E-state index contributed by atoms with van der Waals surface area (Å²) in [5, 5.41) is 3.04. The van der Waals surface area contributed by atoms with Gasteiger partial charge in [-0.1, -0.05) is 12.1 Å². The van der Waals surface area contributed by atoms with Crippen molar-refractivity contribution in [3.8, 4) is 0 Å². The molecule has 154 valence electrons. The third-order valence-corrected chi connectivity index (χ3v) is 6.50. The van der Waals surface area contributed by atoms with Crippen LogP contribution in [0.15, 0.2) is 28.7 Å². The number of para-hydroxylation sites is 2. The van der Waals surface area contributed by atoms with Crippen molar-refractivity contribution in [3.05, 3.63) is 30.2 Å². The molecule has 2 aromatic rings. The molecule has 2 aliphatic heterocycles. The Balaban J connectivity index is 1.12. The predicted molar refractivity (Wildman–Crippen MR) is 108 cm³/mol. The fourth-order valence-corrected chi connectivity index (χ4v) is 4.49. The molecule has 2 saturated heterocycles. The van der Waals surface area contributed by atoms with Crippen molar-refractivity contribution < 1.29 is 14.0 Å². The molecular formula is C22H28N4O3. The van der Waals surface area contributed by atoms with Crippen molar-refractivity contribution in [3.63, 3.8) is 0 Å². The number of benzene rings is 1. The van der Waals surface area contributed by atoms with Crippen LogP contribution in [0.5, 0.6) is 0 Å². The van der Waals surface area contributed by atoms with Crippen molar-refractivity contribution in [1.82, 2.24) is 20.1 Å². The Labute approximate surface area is 170 Å². The first-order valence-electron chi connectivity index (χ1n) is 10.9. The lowest BCUT2D eigenvalue weighted by molar-refractivity contribution is -0.138. The van der Waals surface area contributed by atoms with E-state index < -0.39 is 0 Å². The maximum absolute atomic E-state index is 13.0. The number of carbonyl (C=O) groups excluding carboxylic acids is 2. The van der Waals surface area contributed by atoms with Gasteiger partial charge in [0.25, 0.3) is 0 Å². The van der Waals surface area contributed by atoms with Crippen molar-refractivity contribution in [2.45, 2.75) is 50.5 Å². The number of likely N-dealkylation sites (tertiary alicyclic amines) is 2. The van der Waals surface area contributed by atoms with Crippen LogP contribution in [0.4, 0.5) is 4.79 Å². The first-order valence-corrected chi connectivity index (χ1v) is 10.9. The average molecular weight is 396 g/mol. The summed E-state index contributed by atoms with van der Waals surface area (Å²) >= 11 is 0. The van der Waals surface area contributed by atoms with E-state index in [-0.39, 0.29) is 23.8 Å². The summed E-state index contributed by atoms with van der Waals surface area (Å²) in [4.78, 5) is 33.6. The number of fused-ring (bicyclic) bond motifs is 1. The van der Waals surface area contributed by atoms with E-state index in [1.165, 1.54) is 0 Å². The lowest BCUT2D eigenvalue weighted by Gasteiger charge is -2.36. The molecule has 0 bridgehead atoms. The standard InChI is InChI=1S/C22H28N4O3/c27-21(16-9-13-26(14-10-16)22(28)23-17-5-6-17)25-11-7-15(8-12-25)20-24-18-3-1-2-4-19(18)29-20/h1-4,15-17H,5-14H2,(H,23,28). The molecule has 1 saturated carbocycles. The Morgan fingerprint density at radius 3 is 2.31 bits per heavy atom. The first-order chi connectivity index (χ1) is 14.2. The van der Waals surface area contributed by atoms with Crippen molar-refractivity contribution >= 4 is 23.0 Å². The zero-order valence-corrected chi connectivity index (χ0v) is 16.7. The van der Waals surface area contributed by atoms with Crippen LogP contribution in [-0.4, -0.2) is 58.9 Å². The highest BCUT2D eigenvalue weighted by molar-refractivity contribution is 5.80. The van der Waals surface area contributed by atoms with Gasteiger partial charge in [-0.2, -0.15) is 0 Å². The SMILES string of the molecule is O=C(NC1CC1)N1CCC(C(=O)N2CCC(c3nc4ccccc4o3)CC2)CC1. The van der Waals surface area contributed by atoms with E-state index in [0.29, 0.717) is 19.1 Å². The highest BCUT2D eigenvalue weighted by Gasteiger charge is 2.34. The van der Waals surface area contributed by atoms with E-state index in [1.807, 2.05) is 34.1 Å². The summed E-state index contributed by atoms with van der Waals surface area (Å²) in [7, 11) is 0. The molecule has 0 unspecified atom stereocenters. The van der Waals surface area contributed by atoms with Crippen molar-refractivity contribution in [1.29, 1.82) is 0 Å². The number of amides is 3. The molecule has 3 heterocycles. The maximum Gasteiger partial charge on any atom is 0.317 e. The minimum absolute atomic E-state index is 0.0394. The van der Waals surface area contributed by atoms with Gasteiger partial charge >= 0.3 is 6.03 Å². The van der Waals surface area contributed by atoms with E-state index in [4.69, 9.17) is 4.42 Å². The van der Waals surface area contributed by atoms with E-state index in [2.05, 4.69) is 10.3 Å². The van der Waals surface area contributed by atoms with Crippen LogP contribution in [0.2, 0.25) is 0 Å². The average Bonchev–Trinajstić information content (AvgIpc) is 3.47. The van der Waals surface area contributed by atoms with Gasteiger partial charge in [0.1, 0.15) is 5.52 Å². The van der Waals surface area contributed by atoms with E-state index in [0.717, 1.165) is 68.6 Å². The highest BCUT2D eigenvalue weighted by atomic mass is 16.3. The molecule has 0 spiro atoms. The molecular weight excluding hydrogens is 368 g/mol. The smallest absolute Gasteiger partial charge is 0.317 e. The third kappa shape index (κ3) is 3.95. The number of hydrogen-bond acceptors (Lipinski definition) is 4. The Kier molecular flexibility index (Phi) is 4.89. The van der Waals surface area contributed by atoms with Crippen LogP contribution in [-0.2, 0) is 4.79 Å². The largest absolute Gasteiger partial charge is 0.440 e. The first kappa shape index (κ1) is 18.5. The lowest BCUT2D eigenvalue weighted by Crippen LogP contribution is -2.49. The van der Waals surface area contributed by atoms with Crippen LogP contribution in [0, 0.1) is 5.92 Å². The van der Waals surface area contributed by atoms with Gasteiger partial charge in [0.15, 0.2) is 11.5 Å². The highest BCUT2D eigenvalue weighted by Crippen LogP contribution is 2.31. The van der Waals surface area contributed by atoms with Gasteiger partial charge in [-0.3, -0.25) is 4.79 Å². The van der Waals surface area contributed by atoms with Gasteiger partial charge in [0, 0.05) is 44.1 Å². The van der Waals surface area contributed by atoms with E-state index in [9.17, 15) is 9.59 Å². The number of aromatic nitrogens is 1. The molecule has 3 fully saturated rings. The molecule has 7 heteroatoms. The van der Waals surface area contributed by atoms with Crippen LogP contribution in [0.1, 0.15) is 50.3 Å². The molecule has 29 heavy (non-hydrogen) atoms. The monoisotopic (exact) mass is 396 g/mol. The molecule has 3 amide bonds. The van der Waals surface area contributed by atoms with Crippen molar-refractivity contribution in [2.24, 2.45) is 5.92 Å². The van der Waals surface area contributed by atoms with Gasteiger partial charge < -0.3 is 19.5 Å². The van der Waals surface area contributed by atoms with Crippen LogP contribution < -0.4 is 5.32 Å². The van der Waals surface area contributed by atoms with Crippen LogP contribution >= 0.6 is 0 Å². The quantitative estimate of drug-likeness (QED) is 0.865. The summed E-state index contributed by atoms with van der Waals surface area (Å²) in [6.07, 6.45) is 5.51. The third-order valence-electron chi connectivity index (χ3n) is 6.50. The molecule has 3 aliphatic rings. The minimum Gasteiger partial charge on any atom is -0.440 e. The summed E-state index contributed by atoms with van der Waals surface area (Å²) in [6.45, 7) is 2.86. The number of piperidine rings is 2. The molecule has 1 N–H and O–H groups in total. The summed E-state index contributed by atoms with van der Waals surface area (Å²) in [5.74, 6) is 1.37. The van der Waals surface area contributed by atoms with Gasteiger partial charge in [-0.15, -0.1) is 0 Å². The fraction of sp³-hybridized carbons (Fsp3) is 0.591. The van der Waals surface area contributed by atoms with E-state index >= 15 is 0 Å². The molecule has 1 aromatic heterocycles. The minimum atomic E-state index is 0.0394. The fourth-order valence-electron chi connectivity index (χ4n) is 4.49. The number of hydrogen-bond donors (Lipinski definition) is 1. The summed E-state index contributed by atoms with van der Waals surface area (Å²) in [6, 6.07) is 8.26. The molecule has 1 aliphatic carbocycles. The number of rotatable bonds is 3. The lowest BCUT2D eigenvalue weighted by atomic mass is 9.92. The Hall–Kier alpha value is -2.57. The second kappa shape index (κ2) is 7.69. The Bertz CT molecular complexity index is 857. The molecule has 7 nitrogen and oxygen atoms in total. The maximum atomic E-state index is 13.0.